The molecule has 6 nitrogen and oxygen atoms in total. The number of halogens is 1. The van der Waals surface area contributed by atoms with E-state index in [1.54, 1.807) is 32.2 Å². The number of hydrogen-bond donors (Lipinski definition) is 1. The van der Waals surface area contributed by atoms with Crippen molar-refractivity contribution in [1.29, 1.82) is 0 Å². The van der Waals surface area contributed by atoms with Gasteiger partial charge in [0.15, 0.2) is 11.4 Å². The van der Waals surface area contributed by atoms with Crippen LogP contribution in [0.3, 0.4) is 0 Å². The summed E-state index contributed by atoms with van der Waals surface area (Å²) in [6.45, 7) is 9.13. The fraction of sp³-hybridized carbons (Fsp3) is 0.400. The molecule has 0 saturated heterocycles. The van der Waals surface area contributed by atoms with Gasteiger partial charge in [0.2, 0.25) is 5.78 Å². The van der Waals surface area contributed by atoms with Crippen molar-refractivity contribution in [1.82, 2.24) is 4.90 Å². The molecule has 1 aliphatic carbocycles. The number of carbonyl (C=O) groups is 3. The van der Waals surface area contributed by atoms with Gasteiger partial charge in [-0.25, -0.2) is 4.79 Å². The van der Waals surface area contributed by atoms with Crippen LogP contribution in [-0.4, -0.2) is 46.3 Å². The van der Waals surface area contributed by atoms with Crippen molar-refractivity contribution < 1.29 is 24.2 Å². The zero-order valence-electron chi connectivity index (χ0n) is 19.0. The Morgan fingerprint density at radius 1 is 1.38 bits per heavy atom. The van der Waals surface area contributed by atoms with Crippen LogP contribution in [0.1, 0.15) is 41.0 Å². The summed E-state index contributed by atoms with van der Waals surface area (Å²) in [4.78, 5) is 40.8. The third-order valence-electron chi connectivity index (χ3n) is 6.16. The molecular formula is C25H28ClNO5. The Labute approximate surface area is 193 Å². The van der Waals surface area contributed by atoms with Crippen molar-refractivity contribution in [2.75, 3.05) is 13.2 Å². The van der Waals surface area contributed by atoms with Crippen LogP contribution in [0, 0.1) is 5.92 Å². The third-order valence-corrected chi connectivity index (χ3v) is 6.54. The molecule has 170 valence electrons. The van der Waals surface area contributed by atoms with E-state index in [0.29, 0.717) is 22.6 Å². The van der Waals surface area contributed by atoms with Crippen molar-refractivity contribution in [2.45, 2.75) is 46.6 Å². The molecule has 0 amide bonds. The van der Waals surface area contributed by atoms with Gasteiger partial charge in [-0.2, -0.15) is 0 Å². The van der Waals surface area contributed by atoms with E-state index < -0.39 is 23.1 Å². The molecule has 0 aromatic heterocycles. The van der Waals surface area contributed by atoms with Crippen LogP contribution < -0.4 is 0 Å². The van der Waals surface area contributed by atoms with E-state index >= 15 is 0 Å². The molecule has 0 radical (unpaired) electrons. The molecule has 0 bridgehead atoms. The van der Waals surface area contributed by atoms with E-state index in [2.05, 4.69) is 13.8 Å². The molecule has 1 N–H and O–H groups in total. The van der Waals surface area contributed by atoms with Gasteiger partial charge < -0.3 is 14.7 Å². The van der Waals surface area contributed by atoms with Gasteiger partial charge in [0.05, 0.1) is 11.6 Å². The molecule has 0 unspecified atom stereocenters. The highest BCUT2D eigenvalue weighted by atomic mass is 35.5. The molecule has 0 aromatic carbocycles. The van der Waals surface area contributed by atoms with Gasteiger partial charge in [0, 0.05) is 35.2 Å². The zero-order chi connectivity index (χ0) is 23.8. The van der Waals surface area contributed by atoms with Crippen LogP contribution in [0.15, 0.2) is 69.1 Å². The Morgan fingerprint density at radius 2 is 2.06 bits per heavy atom. The van der Waals surface area contributed by atoms with Crippen LogP contribution in [0.25, 0.3) is 0 Å². The van der Waals surface area contributed by atoms with Gasteiger partial charge in [0.25, 0.3) is 0 Å². The Hall–Kier alpha value is -2.70. The number of allylic oxidation sites excluding steroid dienone is 6. The fourth-order valence-corrected chi connectivity index (χ4v) is 4.22. The van der Waals surface area contributed by atoms with Crippen LogP contribution >= 0.6 is 11.6 Å². The number of hydrogen-bond acceptors (Lipinski definition) is 6. The number of Topliss-reactive ketones (excluding diaryl/α,β-unsaturated/α-hetero) is 2. The van der Waals surface area contributed by atoms with E-state index in [1.807, 2.05) is 17.1 Å². The first-order valence-corrected chi connectivity index (χ1v) is 11.1. The lowest BCUT2D eigenvalue weighted by atomic mass is 9.74. The maximum absolute atomic E-state index is 13.2. The highest BCUT2D eigenvalue weighted by Gasteiger charge is 2.57. The van der Waals surface area contributed by atoms with Crippen molar-refractivity contribution in [3.05, 3.63) is 69.1 Å². The summed E-state index contributed by atoms with van der Waals surface area (Å²) >= 11 is 6.48. The Bertz CT molecular complexity index is 1070. The summed E-state index contributed by atoms with van der Waals surface area (Å²) in [6.07, 6.45) is 10.0. The Balaban J connectivity index is 2.27. The largest absolute Gasteiger partial charge is 0.442 e. The number of esters is 1. The summed E-state index contributed by atoms with van der Waals surface area (Å²) < 4.78 is 5.46. The summed E-state index contributed by atoms with van der Waals surface area (Å²) in [5, 5.41) is 9.56. The van der Waals surface area contributed by atoms with E-state index in [0.717, 1.165) is 12.1 Å². The maximum Gasteiger partial charge on any atom is 0.343 e. The average Bonchev–Trinajstić information content (AvgIpc) is 3.06. The highest BCUT2D eigenvalue weighted by molar-refractivity contribution is 6.46. The van der Waals surface area contributed by atoms with Gasteiger partial charge in [-0.3, -0.25) is 9.59 Å². The summed E-state index contributed by atoms with van der Waals surface area (Å²) in [5.74, 6) is -1.54. The van der Waals surface area contributed by atoms with Crippen LogP contribution in [0.4, 0.5) is 0 Å². The fourth-order valence-electron chi connectivity index (χ4n) is 3.88. The molecule has 0 saturated carbocycles. The molecule has 0 fully saturated rings. The molecule has 3 rings (SSSR count). The number of carbonyl (C=O) groups excluding carboxylic acids is 3. The summed E-state index contributed by atoms with van der Waals surface area (Å²) in [5.41, 5.74) is 0.428. The molecule has 3 aliphatic rings. The predicted octanol–water partition coefficient (Wildman–Crippen LogP) is 3.89. The number of aliphatic hydroxyl groups is 1. The zero-order valence-corrected chi connectivity index (χ0v) is 19.7. The molecule has 32 heavy (non-hydrogen) atoms. The van der Waals surface area contributed by atoms with Crippen molar-refractivity contribution in [3.63, 3.8) is 0 Å². The highest BCUT2D eigenvalue weighted by Crippen LogP contribution is 2.50. The van der Waals surface area contributed by atoms with Gasteiger partial charge in [-0.1, -0.05) is 44.0 Å². The second-order valence-corrected chi connectivity index (χ2v) is 8.68. The van der Waals surface area contributed by atoms with Gasteiger partial charge in [-0.05, 0) is 44.4 Å². The first-order valence-electron chi connectivity index (χ1n) is 10.7. The number of nitrogens with zero attached hydrogens (tertiary/aromatic N) is 1. The van der Waals surface area contributed by atoms with Gasteiger partial charge >= 0.3 is 5.97 Å². The molecule has 2 atom stereocenters. The number of ether oxygens (including phenoxy) is 1. The molecule has 0 spiro atoms. The van der Waals surface area contributed by atoms with E-state index in [-0.39, 0.29) is 29.3 Å². The summed E-state index contributed by atoms with van der Waals surface area (Å²) in [6, 6.07) is 0. The van der Waals surface area contributed by atoms with Crippen LogP contribution in [0.5, 0.6) is 0 Å². The standard InChI is InChI=1S/C25H28ClNO5/c1-6-14(3)8-9-16-12-17-18(13-27(16)10-11-28)20-19(22(29)15(4)7-2)24(31)32-25(20,5)23(30)21(17)26/h7-9,12-14,28H,6,10-11H2,1-5H3/t14-,25-/m0/s1. The van der Waals surface area contributed by atoms with E-state index in [1.165, 1.54) is 6.92 Å². The van der Waals surface area contributed by atoms with Crippen molar-refractivity contribution >= 4 is 29.1 Å². The monoisotopic (exact) mass is 457 g/mol. The second-order valence-electron chi connectivity index (χ2n) is 8.30. The Morgan fingerprint density at radius 3 is 2.66 bits per heavy atom. The first kappa shape index (κ1) is 24.0. The minimum absolute atomic E-state index is 0.0511. The number of fused-ring (bicyclic) bond motifs is 3. The van der Waals surface area contributed by atoms with Crippen molar-refractivity contribution in [3.8, 4) is 0 Å². The van der Waals surface area contributed by atoms with Crippen LogP contribution in [-0.2, 0) is 19.1 Å². The van der Waals surface area contributed by atoms with Gasteiger partial charge in [-0.15, -0.1) is 0 Å². The number of ketones is 2. The average molecular weight is 458 g/mol. The molecular weight excluding hydrogens is 430 g/mol. The number of rotatable bonds is 7. The molecule has 2 aliphatic heterocycles. The maximum atomic E-state index is 13.2. The number of β-amino-alcohol motifs (C(OH)–C–C–N with tert-alkyl or cyclic N) is 1. The minimum Gasteiger partial charge on any atom is -0.442 e. The summed E-state index contributed by atoms with van der Waals surface area (Å²) in [7, 11) is 0. The lowest BCUT2D eigenvalue weighted by Gasteiger charge is -2.36. The van der Waals surface area contributed by atoms with E-state index in [4.69, 9.17) is 16.3 Å². The van der Waals surface area contributed by atoms with E-state index in [9.17, 15) is 19.5 Å². The first-order chi connectivity index (χ1) is 15.1. The predicted molar refractivity (Wildman–Crippen MR) is 122 cm³/mol. The molecule has 0 aromatic rings. The Kier molecular flexibility index (Phi) is 6.77. The smallest absolute Gasteiger partial charge is 0.343 e. The normalized spacial score (nSPS) is 24.5. The minimum atomic E-state index is -1.68. The number of aliphatic hydroxyl groups excluding tert-OH is 1. The lowest BCUT2D eigenvalue weighted by Crippen LogP contribution is -2.43. The lowest BCUT2D eigenvalue weighted by molar-refractivity contribution is -0.153. The van der Waals surface area contributed by atoms with Crippen molar-refractivity contribution in [2.24, 2.45) is 5.92 Å². The topological polar surface area (TPSA) is 83.9 Å². The van der Waals surface area contributed by atoms with Crippen LogP contribution in [0.2, 0.25) is 0 Å². The quantitative estimate of drug-likeness (QED) is 0.355. The molecule has 7 heteroatoms. The second kappa shape index (κ2) is 9.04. The molecule has 2 heterocycles. The third kappa shape index (κ3) is 3.82. The SMILES string of the molecule is CC=C(C)C(=O)C1=C2C3=CN(CCO)C(C=C[C@@H](C)CC)=CC3=C(Cl)C(=O)[C@@]2(C)OC1=O. The van der Waals surface area contributed by atoms with Gasteiger partial charge in [0.1, 0.15) is 5.57 Å².